The van der Waals surface area contributed by atoms with E-state index in [9.17, 15) is 4.79 Å². The topological polar surface area (TPSA) is 41.1 Å². The number of benzene rings is 2. The summed E-state index contributed by atoms with van der Waals surface area (Å²) in [5, 5.41) is 9.34. The molecule has 5 rings (SSSR count). The first-order valence-corrected chi connectivity index (χ1v) is 11.9. The zero-order chi connectivity index (χ0) is 19.8. The Morgan fingerprint density at radius 1 is 0.966 bits per heavy atom. The number of carbonyl (C=O) groups is 1. The Morgan fingerprint density at radius 3 is 2.48 bits per heavy atom. The Balaban J connectivity index is 1.60. The normalized spacial score (nSPS) is 20.9. The molecule has 146 valence electrons. The van der Waals surface area contributed by atoms with E-state index in [1.807, 2.05) is 12.1 Å². The molecule has 2 N–H and O–H groups in total. The lowest BCUT2D eigenvalue weighted by Gasteiger charge is -2.29. The predicted molar refractivity (Wildman–Crippen MR) is 123 cm³/mol. The van der Waals surface area contributed by atoms with Crippen LogP contribution in [0.3, 0.4) is 0 Å². The van der Waals surface area contributed by atoms with Crippen LogP contribution < -0.4 is 10.6 Å². The minimum absolute atomic E-state index is 0.145. The van der Waals surface area contributed by atoms with Crippen LogP contribution in [-0.4, -0.2) is 12.0 Å². The second-order valence-electron chi connectivity index (χ2n) is 7.46. The Kier molecular flexibility index (Phi) is 4.94. The van der Waals surface area contributed by atoms with Gasteiger partial charge in [-0.1, -0.05) is 30.3 Å². The minimum Gasteiger partial charge on any atom is -0.372 e. The summed E-state index contributed by atoms with van der Waals surface area (Å²) in [6.45, 7) is 0. The van der Waals surface area contributed by atoms with Crippen molar-refractivity contribution in [3.05, 3.63) is 87.8 Å². The third-order valence-corrected chi connectivity index (χ3v) is 7.48. The maximum atomic E-state index is 13.4. The molecule has 2 aliphatic rings. The first kappa shape index (κ1) is 18.5. The van der Waals surface area contributed by atoms with Gasteiger partial charge in [-0.3, -0.25) is 4.79 Å². The van der Waals surface area contributed by atoms with Gasteiger partial charge < -0.3 is 10.6 Å². The molecule has 0 spiro atoms. The summed E-state index contributed by atoms with van der Waals surface area (Å²) in [5.74, 6) is 0.481. The molecular weight excluding hydrogens is 396 g/mol. The highest BCUT2D eigenvalue weighted by Crippen LogP contribution is 2.44. The van der Waals surface area contributed by atoms with Gasteiger partial charge in [-0.15, -0.1) is 23.1 Å². The number of allylic oxidation sites excluding steroid dienone is 1. The maximum absolute atomic E-state index is 13.4. The van der Waals surface area contributed by atoms with Gasteiger partial charge >= 0.3 is 0 Å². The van der Waals surface area contributed by atoms with E-state index >= 15 is 0 Å². The molecule has 0 radical (unpaired) electrons. The molecule has 0 bridgehead atoms. The van der Waals surface area contributed by atoms with Gasteiger partial charge in [0.2, 0.25) is 0 Å². The summed E-state index contributed by atoms with van der Waals surface area (Å²) in [5.41, 5.74) is 5.11. The molecule has 1 aliphatic carbocycles. The van der Waals surface area contributed by atoms with Crippen molar-refractivity contribution in [3.8, 4) is 0 Å². The fourth-order valence-corrected chi connectivity index (χ4v) is 5.50. The molecule has 0 amide bonds. The molecule has 1 aliphatic heterocycles. The van der Waals surface area contributed by atoms with Crippen molar-refractivity contribution >= 4 is 40.3 Å². The summed E-state index contributed by atoms with van der Waals surface area (Å²) in [6, 6.07) is 20.8. The van der Waals surface area contributed by atoms with Crippen LogP contribution in [0.5, 0.6) is 0 Å². The number of carbonyl (C=O) groups excluding carboxylic acids is 1. The van der Waals surface area contributed by atoms with E-state index < -0.39 is 0 Å². The Bertz CT molecular complexity index is 1070. The van der Waals surface area contributed by atoms with Crippen molar-refractivity contribution < 1.29 is 4.79 Å². The number of Topliss-reactive ketones (excluding diaryl/α,β-unsaturated/α-hetero) is 1. The van der Waals surface area contributed by atoms with E-state index in [0.29, 0.717) is 6.42 Å². The number of para-hydroxylation sites is 2. The molecular formula is C24H22N2OS2. The first-order chi connectivity index (χ1) is 14.2. The third-order valence-electron chi connectivity index (χ3n) is 5.70. The SMILES string of the molecule is CSc1ccc([C@@H]2Nc3ccccc3NC3=C2C(=O)C[C@@H](c2cccs2)C3)cc1. The van der Waals surface area contributed by atoms with E-state index in [1.165, 1.54) is 9.77 Å². The number of hydrogen-bond acceptors (Lipinski definition) is 5. The van der Waals surface area contributed by atoms with Crippen LogP contribution in [0.15, 0.2) is 82.2 Å². The number of fused-ring (bicyclic) bond motifs is 1. The van der Waals surface area contributed by atoms with Crippen LogP contribution in [0.4, 0.5) is 11.4 Å². The predicted octanol–water partition coefficient (Wildman–Crippen LogP) is 6.45. The second-order valence-corrected chi connectivity index (χ2v) is 9.32. The van der Waals surface area contributed by atoms with Crippen LogP contribution in [0.2, 0.25) is 0 Å². The molecule has 3 nitrogen and oxygen atoms in total. The lowest BCUT2D eigenvalue weighted by molar-refractivity contribution is -0.116. The van der Waals surface area contributed by atoms with Crippen molar-refractivity contribution in [1.82, 2.24) is 0 Å². The van der Waals surface area contributed by atoms with Crippen molar-refractivity contribution in [2.45, 2.75) is 29.7 Å². The highest BCUT2D eigenvalue weighted by atomic mass is 32.2. The van der Waals surface area contributed by atoms with Gasteiger partial charge in [0.1, 0.15) is 0 Å². The molecule has 29 heavy (non-hydrogen) atoms. The second kappa shape index (κ2) is 7.73. The van der Waals surface area contributed by atoms with Crippen molar-refractivity contribution in [3.63, 3.8) is 0 Å². The molecule has 0 saturated carbocycles. The van der Waals surface area contributed by atoms with Gasteiger partial charge in [-0.2, -0.15) is 0 Å². The average Bonchev–Trinajstić information content (AvgIpc) is 3.23. The minimum atomic E-state index is -0.145. The van der Waals surface area contributed by atoms with Crippen LogP contribution >= 0.6 is 23.1 Å². The molecule has 3 aromatic rings. The Hall–Kier alpha value is -2.50. The Morgan fingerprint density at radius 2 is 1.76 bits per heavy atom. The number of nitrogens with one attached hydrogen (secondary N) is 2. The van der Waals surface area contributed by atoms with E-state index in [-0.39, 0.29) is 17.7 Å². The quantitative estimate of drug-likeness (QED) is 0.480. The smallest absolute Gasteiger partial charge is 0.163 e. The van der Waals surface area contributed by atoms with E-state index in [1.54, 1.807) is 23.1 Å². The summed E-state index contributed by atoms with van der Waals surface area (Å²) in [6.07, 6.45) is 3.50. The zero-order valence-electron chi connectivity index (χ0n) is 16.1. The van der Waals surface area contributed by atoms with Crippen molar-refractivity contribution in [2.75, 3.05) is 16.9 Å². The van der Waals surface area contributed by atoms with Gasteiger partial charge in [0.15, 0.2) is 5.78 Å². The first-order valence-electron chi connectivity index (χ1n) is 9.79. The van der Waals surface area contributed by atoms with E-state index in [0.717, 1.165) is 34.6 Å². The number of anilines is 2. The summed E-state index contributed by atoms with van der Waals surface area (Å²) in [7, 11) is 0. The number of thiophene rings is 1. The third kappa shape index (κ3) is 3.49. The van der Waals surface area contributed by atoms with Crippen LogP contribution in [-0.2, 0) is 4.79 Å². The molecule has 2 heterocycles. The van der Waals surface area contributed by atoms with Crippen molar-refractivity contribution in [1.29, 1.82) is 0 Å². The van der Waals surface area contributed by atoms with Crippen LogP contribution in [0, 0.1) is 0 Å². The molecule has 5 heteroatoms. The lowest BCUT2D eigenvalue weighted by Crippen LogP contribution is -2.26. The monoisotopic (exact) mass is 418 g/mol. The summed E-state index contributed by atoms with van der Waals surface area (Å²) < 4.78 is 0. The number of thioether (sulfide) groups is 1. The molecule has 0 unspecified atom stereocenters. The summed E-state index contributed by atoms with van der Waals surface area (Å²) in [4.78, 5) is 15.9. The van der Waals surface area contributed by atoms with Gasteiger partial charge in [0.25, 0.3) is 0 Å². The molecule has 0 saturated heterocycles. The van der Waals surface area contributed by atoms with Crippen LogP contribution in [0.1, 0.15) is 35.2 Å². The number of rotatable bonds is 3. The van der Waals surface area contributed by atoms with E-state index in [4.69, 9.17) is 0 Å². The van der Waals surface area contributed by atoms with Gasteiger partial charge in [0, 0.05) is 33.4 Å². The van der Waals surface area contributed by atoms with Crippen LogP contribution in [0.25, 0.3) is 0 Å². The Labute approximate surface area is 179 Å². The highest BCUT2D eigenvalue weighted by Gasteiger charge is 2.36. The maximum Gasteiger partial charge on any atom is 0.163 e. The van der Waals surface area contributed by atoms with Gasteiger partial charge in [0.05, 0.1) is 17.4 Å². The summed E-state index contributed by atoms with van der Waals surface area (Å²) >= 11 is 3.47. The van der Waals surface area contributed by atoms with E-state index in [2.05, 4.69) is 70.8 Å². The van der Waals surface area contributed by atoms with Gasteiger partial charge in [-0.05, 0) is 54.0 Å². The fraction of sp³-hybridized carbons (Fsp3) is 0.208. The fourth-order valence-electron chi connectivity index (χ4n) is 4.26. The molecule has 1 aromatic heterocycles. The van der Waals surface area contributed by atoms with Gasteiger partial charge in [-0.25, -0.2) is 0 Å². The van der Waals surface area contributed by atoms with Crippen molar-refractivity contribution in [2.24, 2.45) is 0 Å². The molecule has 2 aromatic carbocycles. The average molecular weight is 419 g/mol. The molecule has 0 fully saturated rings. The number of hydrogen-bond donors (Lipinski definition) is 2. The largest absolute Gasteiger partial charge is 0.372 e. The zero-order valence-corrected chi connectivity index (χ0v) is 17.8. The molecule has 2 atom stereocenters. The lowest BCUT2D eigenvalue weighted by atomic mass is 9.81. The number of ketones is 1. The standard InChI is InChI=1S/C24H22N2OS2/c1-28-17-10-8-15(9-11-17)24-23-20(25-18-5-2-3-6-19(18)26-24)13-16(14-21(23)27)22-7-4-12-29-22/h2-12,16,24-26H,13-14H2,1H3/t16-,24-/m0/s1. The highest BCUT2D eigenvalue weighted by molar-refractivity contribution is 7.98.